The lowest BCUT2D eigenvalue weighted by molar-refractivity contribution is 1.23. The zero-order chi connectivity index (χ0) is 15.6. The Bertz CT molecular complexity index is 964. The van der Waals surface area contributed by atoms with Crippen LogP contribution in [0.2, 0.25) is 0 Å². The van der Waals surface area contributed by atoms with Gasteiger partial charge in [-0.3, -0.25) is 0 Å². The maximum atomic E-state index is 5.96. The van der Waals surface area contributed by atoms with Gasteiger partial charge >= 0.3 is 0 Å². The molecule has 0 aliphatic rings. The second-order valence-corrected chi connectivity index (χ2v) is 5.40. The van der Waals surface area contributed by atoms with Crippen molar-refractivity contribution in [2.45, 2.75) is 0 Å². The maximum absolute atomic E-state index is 5.96. The van der Waals surface area contributed by atoms with Crippen LogP contribution >= 0.6 is 0 Å². The summed E-state index contributed by atoms with van der Waals surface area (Å²) in [6.45, 7) is 0. The van der Waals surface area contributed by atoms with Crippen molar-refractivity contribution < 1.29 is 0 Å². The minimum absolute atomic E-state index is 0.714. The highest BCUT2D eigenvalue weighted by molar-refractivity contribution is 5.95. The molecular formula is C20H15N3. The molecule has 0 aliphatic carbocycles. The number of nitrogens with two attached hydrogens (primary N) is 1. The van der Waals surface area contributed by atoms with Gasteiger partial charge in [0.25, 0.3) is 0 Å². The Morgan fingerprint density at radius 1 is 0.652 bits per heavy atom. The van der Waals surface area contributed by atoms with Crippen LogP contribution in [0, 0.1) is 0 Å². The minimum Gasteiger partial charge on any atom is -0.399 e. The second-order valence-electron chi connectivity index (χ2n) is 5.40. The van der Waals surface area contributed by atoms with E-state index in [9.17, 15) is 0 Å². The zero-order valence-electron chi connectivity index (χ0n) is 12.5. The van der Waals surface area contributed by atoms with Gasteiger partial charge in [0.2, 0.25) is 0 Å². The lowest BCUT2D eigenvalue weighted by Crippen LogP contribution is -1.96. The first kappa shape index (κ1) is 13.5. The van der Waals surface area contributed by atoms with Crippen LogP contribution in [-0.4, -0.2) is 9.97 Å². The highest BCUT2D eigenvalue weighted by atomic mass is 14.9. The summed E-state index contributed by atoms with van der Waals surface area (Å²) in [4.78, 5) is 9.52. The van der Waals surface area contributed by atoms with Gasteiger partial charge in [0.15, 0.2) is 5.82 Å². The Kier molecular flexibility index (Phi) is 3.24. The molecule has 1 aromatic heterocycles. The van der Waals surface area contributed by atoms with E-state index in [-0.39, 0.29) is 0 Å². The summed E-state index contributed by atoms with van der Waals surface area (Å²) < 4.78 is 0. The summed E-state index contributed by atoms with van der Waals surface area (Å²) in [5, 5.41) is 0.968. The van der Waals surface area contributed by atoms with Crippen molar-refractivity contribution in [2.24, 2.45) is 0 Å². The van der Waals surface area contributed by atoms with E-state index in [1.165, 1.54) is 0 Å². The molecule has 0 fully saturated rings. The smallest absolute Gasteiger partial charge is 0.160 e. The van der Waals surface area contributed by atoms with Gasteiger partial charge in [-0.25, -0.2) is 9.97 Å². The number of nitrogens with zero attached hydrogens (tertiary/aromatic N) is 2. The van der Waals surface area contributed by atoms with Crippen LogP contribution in [0.25, 0.3) is 33.5 Å². The summed E-state index contributed by atoms with van der Waals surface area (Å²) >= 11 is 0. The zero-order valence-corrected chi connectivity index (χ0v) is 12.5. The molecule has 4 rings (SSSR count). The molecule has 23 heavy (non-hydrogen) atoms. The molecule has 4 aromatic rings. The largest absolute Gasteiger partial charge is 0.399 e. The Balaban J connectivity index is 2.04. The average Bonchev–Trinajstić information content (AvgIpc) is 2.62. The number of aromatic nitrogens is 2. The SMILES string of the molecule is Nc1ccc2nc(-c3ccccc3)nc(-c3ccccc3)c2c1. The van der Waals surface area contributed by atoms with E-state index >= 15 is 0 Å². The van der Waals surface area contributed by atoms with Gasteiger partial charge in [-0.05, 0) is 18.2 Å². The number of nitrogen functional groups attached to an aromatic ring is 1. The third-order valence-electron chi connectivity index (χ3n) is 3.80. The molecule has 0 atom stereocenters. The lowest BCUT2D eigenvalue weighted by atomic mass is 10.1. The predicted molar refractivity (Wildman–Crippen MR) is 94.8 cm³/mol. The quantitative estimate of drug-likeness (QED) is 0.552. The van der Waals surface area contributed by atoms with Gasteiger partial charge < -0.3 is 5.73 Å². The molecule has 0 radical (unpaired) electrons. The molecule has 110 valence electrons. The first-order valence-corrected chi connectivity index (χ1v) is 7.49. The topological polar surface area (TPSA) is 51.8 Å². The first-order valence-electron chi connectivity index (χ1n) is 7.49. The Hall–Kier alpha value is -3.20. The van der Waals surface area contributed by atoms with Crippen molar-refractivity contribution >= 4 is 16.6 Å². The summed E-state index contributed by atoms with van der Waals surface area (Å²) in [7, 11) is 0. The molecule has 0 saturated carbocycles. The van der Waals surface area contributed by atoms with Crippen molar-refractivity contribution in [1.82, 2.24) is 9.97 Å². The molecule has 2 N–H and O–H groups in total. The van der Waals surface area contributed by atoms with Crippen LogP contribution in [-0.2, 0) is 0 Å². The number of rotatable bonds is 2. The van der Waals surface area contributed by atoms with Crippen molar-refractivity contribution in [3.8, 4) is 22.6 Å². The van der Waals surface area contributed by atoms with E-state index in [0.29, 0.717) is 5.69 Å². The molecule has 0 spiro atoms. The van der Waals surface area contributed by atoms with Gasteiger partial charge in [0, 0.05) is 22.2 Å². The van der Waals surface area contributed by atoms with E-state index < -0.39 is 0 Å². The fourth-order valence-corrected chi connectivity index (χ4v) is 2.68. The fourth-order valence-electron chi connectivity index (χ4n) is 2.68. The van der Waals surface area contributed by atoms with Crippen LogP contribution in [0.4, 0.5) is 5.69 Å². The van der Waals surface area contributed by atoms with E-state index in [1.54, 1.807) is 0 Å². The van der Waals surface area contributed by atoms with Crippen LogP contribution in [0.5, 0.6) is 0 Å². The summed E-state index contributed by atoms with van der Waals surface area (Å²) in [6.07, 6.45) is 0. The number of fused-ring (bicyclic) bond motifs is 1. The third kappa shape index (κ3) is 2.53. The maximum Gasteiger partial charge on any atom is 0.160 e. The number of benzene rings is 3. The van der Waals surface area contributed by atoms with E-state index in [2.05, 4.69) is 12.1 Å². The molecule has 0 bridgehead atoms. The fraction of sp³-hybridized carbons (Fsp3) is 0. The molecular weight excluding hydrogens is 282 g/mol. The van der Waals surface area contributed by atoms with Crippen LogP contribution < -0.4 is 5.73 Å². The Morgan fingerprint density at radius 3 is 2.00 bits per heavy atom. The van der Waals surface area contributed by atoms with Crippen LogP contribution in [0.3, 0.4) is 0 Å². The van der Waals surface area contributed by atoms with Gasteiger partial charge in [-0.15, -0.1) is 0 Å². The minimum atomic E-state index is 0.714. The van der Waals surface area contributed by atoms with Gasteiger partial charge in [0.05, 0.1) is 11.2 Å². The van der Waals surface area contributed by atoms with Crippen molar-refractivity contribution in [3.63, 3.8) is 0 Å². The third-order valence-corrected chi connectivity index (χ3v) is 3.80. The predicted octanol–water partition coefficient (Wildman–Crippen LogP) is 4.55. The van der Waals surface area contributed by atoms with Crippen LogP contribution in [0.1, 0.15) is 0 Å². The van der Waals surface area contributed by atoms with Crippen molar-refractivity contribution in [3.05, 3.63) is 78.9 Å². The highest BCUT2D eigenvalue weighted by Crippen LogP contribution is 2.30. The van der Waals surface area contributed by atoms with Gasteiger partial charge in [-0.2, -0.15) is 0 Å². The van der Waals surface area contributed by atoms with Crippen molar-refractivity contribution in [2.75, 3.05) is 5.73 Å². The molecule has 0 amide bonds. The van der Waals surface area contributed by atoms with Crippen LogP contribution in [0.15, 0.2) is 78.9 Å². The molecule has 3 aromatic carbocycles. The molecule has 0 saturated heterocycles. The lowest BCUT2D eigenvalue weighted by Gasteiger charge is -2.10. The van der Waals surface area contributed by atoms with Crippen molar-refractivity contribution in [1.29, 1.82) is 0 Å². The van der Waals surface area contributed by atoms with E-state index in [4.69, 9.17) is 15.7 Å². The monoisotopic (exact) mass is 297 g/mol. The van der Waals surface area contributed by atoms with E-state index in [1.807, 2.05) is 66.7 Å². The Labute approximate surface area is 134 Å². The van der Waals surface area contributed by atoms with Gasteiger partial charge in [0.1, 0.15) is 0 Å². The molecule has 0 unspecified atom stereocenters. The summed E-state index contributed by atoms with van der Waals surface area (Å²) in [5.41, 5.74) is 10.5. The normalized spacial score (nSPS) is 10.8. The standard InChI is InChI=1S/C20H15N3/c21-16-11-12-18-17(13-16)19(14-7-3-1-4-8-14)23-20(22-18)15-9-5-2-6-10-15/h1-13H,21H2. The first-order chi connectivity index (χ1) is 11.3. The molecule has 3 heteroatoms. The molecule has 0 aliphatic heterocycles. The summed E-state index contributed by atoms with van der Waals surface area (Å²) in [5.74, 6) is 0.724. The second kappa shape index (κ2) is 5.54. The Morgan fingerprint density at radius 2 is 1.30 bits per heavy atom. The number of hydrogen-bond acceptors (Lipinski definition) is 3. The molecule has 3 nitrogen and oxygen atoms in total. The van der Waals surface area contributed by atoms with Gasteiger partial charge in [-0.1, -0.05) is 60.7 Å². The number of hydrogen-bond donors (Lipinski definition) is 1. The average molecular weight is 297 g/mol. The number of anilines is 1. The molecule has 1 heterocycles. The highest BCUT2D eigenvalue weighted by Gasteiger charge is 2.11. The van der Waals surface area contributed by atoms with E-state index in [0.717, 1.165) is 33.5 Å². The summed E-state index contributed by atoms with van der Waals surface area (Å²) in [6, 6.07) is 25.9.